The van der Waals surface area contributed by atoms with Crippen LogP contribution >= 0.6 is 15.6 Å². The van der Waals surface area contributed by atoms with Crippen molar-refractivity contribution in [3.05, 3.63) is 29.3 Å². The van der Waals surface area contributed by atoms with Crippen LogP contribution in [0.25, 0.3) is 22.3 Å². The zero-order chi connectivity index (χ0) is 31.8. The van der Waals surface area contributed by atoms with Gasteiger partial charge in [0.2, 0.25) is 5.95 Å². The first-order chi connectivity index (χ1) is 21.3. The Bertz CT molecular complexity index is 1940. The molecule has 0 amide bonds. The van der Waals surface area contributed by atoms with Gasteiger partial charge < -0.3 is 39.8 Å². The molecular formula is C20H21F2N10O11P2-. The summed E-state index contributed by atoms with van der Waals surface area (Å²) < 4.78 is 90.8. The van der Waals surface area contributed by atoms with Crippen molar-refractivity contribution in [3.63, 3.8) is 0 Å². The molecule has 3 aliphatic rings. The van der Waals surface area contributed by atoms with Gasteiger partial charge in [0.05, 0.1) is 25.9 Å². The van der Waals surface area contributed by atoms with Crippen molar-refractivity contribution in [3.8, 4) is 0 Å². The molecular weight excluding hydrogens is 656 g/mol. The van der Waals surface area contributed by atoms with Crippen LogP contribution in [-0.4, -0.2) is 93.9 Å². The average molecular weight is 677 g/mol. The van der Waals surface area contributed by atoms with Gasteiger partial charge in [0.15, 0.2) is 47.4 Å². The largest absolute Gasteiger partial charge is 0.756 e. The molecule has 3 fully saturated rings. The van der Waals surface area contributed by atoms with Gasteiger partial charge in [0.1, 0.15) is 36.3 Å². The number of nitrogen functional groups attached to an aromatic ring is 2. The molecule has 0 radical (unpaired) electrons. The molecule has 21 nitrogen and oxygen atoms in total. The van der Waals surface area contributed by atoms with E-state index in [4.69, 9.17) is 39.0 Å². The lowest BCUT2D eigenvalue weighted by atomic mass is 10.1. The van der Waals surface area contributed by atoms with Crippen LogP contribution in [0.2, 0.25) is 0 Å². The van der Waals surface area contributed by atoms with Crippen LogP contribution in [0.5, 0.6) is 0 Å². The third-order valence-corrected chi connectivity index (χ3v) is 9.18. The summed E-state index contributed by atoms with van der Waals surface area (Å²) in [7, 11) is -10.6. The summed E-state index contributed by atoms with van der Waals surface area (Å²) in [5, 5.41) is 0. The number of fused-ring (bicyclic) bond motifs is 4. The molecule has 7 rings (SSSR count). The van der Waals surface area contributed by atoms with Gasteiger partial charge in [-0.1, -0.05) is 0 Å². The first kappa shape index (κ1) is 30.2. The standard InChI is InChI=1S/C20H22F2N10O11P2/c21-8-12-6(40-18(8)31-4-27-10-14(23)25-3-26-15(10)31)1-38-45(36,37)43-13-7(2-39-44(34,35)42-12)41-19(9(13)22)32-5-28-11-16(32)29-20(24)30-17(11)33/h3-9,12-13,18-19H,1-2H2,(H,34,35)(H,36,37)(H2,23,25,26)(H3,24,29,30,33)/p-1/t6-,7-,8-,9-,12-,13-,18-,19-/m1/s1. The van der Waals surface area contributed by atoms with Crippen molar-refractivity contribution >= 4 is 49.7 Å². The fraction of sp³-hybridized carbons (Fsp3) is 0.500. The van der Waals surface area contributed by atoms with Gasteiger partial charge in [-0.15, -0.1) is 0 Å². The highest BCUT2D eigenvalue weighted by molar-refractivity contribution is 7.47. The molecule has 25 heteroatoms. The molecule has 0 aromatic carbocycles. The number of imidazole rings is 2. The van der Waals surface area contributed by atoms with Gasteiger partial charge in [-0.2, -0.15) is 4.98 Å². The van der Waals surface area contributed by atoms with Crippen LogP contribution in [-0.2, 0) is 36.7 Å². The first-order valence-electron chi connectivity index (χ1n) is 12.9. The van der Waals surface area contributed by atoms with E-state index in [9.17, 15) is 23.7 Å². The number of halogens is 2. The number of H-pyrrole nitrogens is 1. The van der Waals surface area contributed by atoms with Gasteiger partial charge in [-0.25, -0.2) is 33.3 Å². The van der Waals surface area contributed by atoms with Crippen molar-refractivity contribution in [1.29, 1.82) is 0 Å². The van der Waals surface area contributed by atoms with Gasteiger partial charge in [0, 0.05) is 0 Å². The Kier molecular flexibility index (Phi) is 7.24. The number of rotatable bonds is 2. The summed E-state index contributed by atoms with van der Waals surface area (Å²) in [5.41, 5.74) is 10.3. The number of hydrogen-bond donors (Lipinski definition) is 4. The van der Waals surface area contributed by atoms with Gasteiger partial charge in [-0.05, 0) is 0 Å². The molecule has 0 spiro atoms. The van der Waals surface area contributed by atoms with E-state index < -0.39 is 83.6 Å². The Balaban J connectivity index is 1.17. The zero-order valence-corrected chi connectivity index (χ0v) is 24.0. The maximum atomic E-state index is 15.8. The van der Waals surface area contributed by atoms with E-state index in [0.717, 1.165) is 28.1 Å². The lowest BCUT2D eigenvalue weighted by Crippen LogP contribution is -2.38. The Morgan fingerprint density at radius 2 is 1.51 bits per heavy atom. The topological polar surface area (TPSA) is 292 Å². The summed E-state index contributed by atoms with van der Waals surface area (Å²) in [6.45, 7) is -1.98. The molecule has 0 aliphatic carbocycles. The number of nitrogens with one attached hydrogen (secondary N) is 1. The third kappa shape index (κ3) is 5.29. The van der Waals surface area contributed by atoms with Crippen LogP contribution in [0.4, 0.5) is 20.5 Å². The minimum atomic E-state index is -5.43. The number of aromatic amines is 1. The summed E-state index contributed by atoms with van der Waals surface area (Å²) in [5.74, 6) is -0.350. The predicted molar refractivity (Wildman–Crippen MR) is 139 cm³/mol. The Hall–Kier alpha value is -3.50. The summed E-state index contributed by atoms with van der Waals surface area (Å²) >= 11 is 0. The SMILES string of the molecule is Nc1nc2c(ncn2[C@@H]2O[C@@H]3COP(=O)(O)O[C@H]4[C@@H](F)[C@H](n5cnc6c(N)ncnc65)O[C@@H]4COP(=O)([O-])O[C@H]3[C@H]2F)c(=O)[nH]1. The summed E-state index contributed by atoms with van der Waals surface area (Å²) in [6, 6.07) is 0. The Morgan fingerprint density at radius 3 is 2.20 bits per heavy atom. The predicted octanol–water partition coefficient (Wildman–Crippen LogP) is -1.02. The van der Waals surface area contributed by atoms with Crippen molar-refractivity contribution < 1.29 is 55.3 Å². The van der Waals surface area contributed by atoms with Gasteiger partial charge in [-0.3, -0.25) is 32.5 Å². The normalized spacial score (nSPS) is 37.7. The van der Waals surface area contributed by atoms with E-state index in [1.165, 1.54) is 0 Å². The number of phosphoric acid groups is 2. The molecule has 3 aliphatic heterocycles. The number of nitrogens with zero attached hydrogens (tertiary/aromatic N) is 7. The van der Waals surface area contributed by atoms with Crippen molar-refractivity contribution in [1.82, 2.24) is 39.0 Å². The molecule has 242 valence electrons. The monoisotopic (exact) mass is 677 g/mol. The molecule has 4 aromatic rings. The van der Waals surface area contributed by atoms with E-state index in [1.807, 2.05) is 0 Å². The Morgan fingerprint density at radius 1 is 0.911 bits per heavy atom. The maximum absolute atomic E-state index is 15.8. The third-order valence-electron chi connectivity index (χ3n) is 7.22. The molecule has 45 heavy (non-hydrogen) atoms. The number of phosphoric ester groups is 2. The molecule has 7 heterocycles. The molecule has 0 saturated carbocycles. The van der Waals surface area contributed by atoms with Crippen molar-refractivity contribution in [2.24, 2.45) is 0 Å². The second kappa shape index (κ2) is 10.8. The minimum Gasteiger partial charge on any atom is -0.756 e. The summed E-state index contributed by atoms with van der Waals surface area (Å²) in [6.07, 6.45) is -12.0. The fourth-order valence-corrected chi connectivity index (χ4v) is 7.13. The van der Waals surface area contributed by atoms with Crippen molar-refractivity contribution in [2.45, 2.75) is 49.2 Å². The van der Waals surface area contributed by atoms with E-state index in [1.54, 1.807) is 0 Å². The Labute approximate surface area is 247 Å². The van der Waals surface area contributed by atoms with Crippen molar-refractivity contribution in [2.75, 3.05) is 24.7 Å². The molecule has 4 aromatic heterocycles. The van der Waals surface area contributed by atoms with Crippen LogP contribution in [0.3, 0.4) is 0 Å². The zero-order valence-electron chi connectivity index (χ0n) is 22.2. The van der Waals surface area contributed by atoms with Crippen LogP contribution in [0, 0.1) is 0 Å². The molecule has 6 N–H and O–H groups in total. The van der Waals surface area contributed by atoms with Crippen LogP contribution in [0.15, 0.2) is 23.8 Å². The van der Waals surface area contributed by atoms with Crippen LogP contribution in [0.1, 0.15) is 12.5 Å². The van der Waals surface area contributed by atoms with Gasteiger partial charge in [0.25, 0.3) is 13.4 Å². The number of ether oxygens (including phenoxy) is 2. The highest BCUT2D eigenvalue weighted by Gasteiger charge is 2.54. The highest BCUT2D eigenvalue weighted by atomic mass is 31.2. The second-order valence-electron chi connectivity index (χ2n) is 10.0. The number of hydrogen-bond acceptors (Lipinski definition) is 17. The molecule has 2 unspecified atom stereocenters. The van der Waals surface area contributed by atoms with Gasteiger partial charge >= 0.3 is 7.82 Å². The second-order valence-corrected chi connectivity index (χ2v) is 12.8. The molecule has 0 bridgehead atoms. The summed E-state index contributed by atoms with van der Waals surface area (Å²) in [4.78, 5) is 57.3. The minimum absolute atomic E-state index is 0.0209. The van der Waals surface area contributed by atoms with E-state index >= 15 is 8.78 Å². The van der Waals surface area contributed by atoms with E-state index in [0.29, 0.717) is 0 Å². The van der Waals surface area contributed by atoms with Crippen LogP contribution < -0.4 is 21.9 Å². The number of anilines is 2. The molecule has 10 atom stereocenters. The quantitative estimate of drug-likeness (QED) is 0.185. The first-order valence-corrected chi connectivity index (χ1v) is 15.8. The van der Waals surface area contributed by atoms with E-state index in [2.05, 4.69) is 29.9 Å². The fourth-order valence-electron chi connectivity index (χ4n) is 5.24. The number of aromatic nitrogens is 8. The smallest absolute Gasteiger partial charge is 0.472 e. The number of alkyl halides is 2. The molecule has 3 saturated heterocycles. The maximum Gasteiger partial charge on any atom is 0.472 e. The lowest BCUT2D eigenvalue weighted by Gasteiger charge is -2.31. The average Bonchev–Trinajstić information content (AvgIpc) is 3.72. The van der Waals surface area contributed by atoms with E-state index in [-0.39, 0.29) is 34.1 Å². The lowest BCUT2D eigenvalue weighted by molar-refractivity contribution is -0.235. The number of nitrogens with two attached hydrogens (primary N) is 2. The highest BCUT2D eigenvalue weighted by Crippen LogP contribution is 2.53.